The van der Waals surface area contributed by atoms with E-state index in [0.29, 0.717) is 23.1 Å². The molecule has 0 aromatic heterocycles. The summed E-state index contributed by atoms with van der Waals surface area (Å²) in [5.74, 6) is 0.793. The van der Waals surface area contributed by atoms with Crippen molar-refractivity contribution in [1.82, 2.24) is 9.62 Å². The third-order valence-electron chi connectivity index (χ3n) is 4.07. The molecular weight excluding hydrogens is 416 g/mol. The lowest BCUT2D eigenvalue weighted by atomic mass is 10.2. The number of sulfonamides is 1. The number of nitrogens with one attached hydrogen (secondary N) is 1. The number of likely N-dealkylation sites (N-methyl/N-ethyl adjacent to an activating group) is 1. The van der Waals surface area contributed by atoms with E-state index in [-0.39, 0.29) is 18.0 Å². The van der Waals surface area contributed by atoms with Crippen LogP contribution >= 0.6 is 11.6 Å². The van der Waals surface area contributed by atoms with Crippen molar-refractivity contribution in [2.45, 2.75) is 24.8 Å². The summed E-state index contributed by atoms with van der Waals surface area (Å²) in [6.07, 6.45) is 0.882. The van der Waals surface area contributed by atoms with Gasteiger partial charge in [-0.15, -0.1) is 0 Å². The molecule has 0 saturated carbocycles. The SMILES string of the molecule is CCCOc1ccc(CNC(=O)CN(C)S(=O)(=O)c2ccc(Cl)cc2)cc1OC. The quantitative estimate of drug-likeness (QED) is 0.613. The predicted octanol–water partition coefficient (Wildman–Crippen LogP) is 3.07. The van der Waals surface area contributed by atoms with Crippen molar-refractivity contribution in [3.8, 4) is 11.5 Å². The fourth-order valence-electron chi connectivity index (χ4n) is 2.48. The topological polar surface area (TPSA) is 84.9 Å². The molecule has 2 aromatic rings. The molecule has 7 nitrogen and oxygen atoms in total. The maximum Gasteiger partial charge on any atom is 0.243 e. The van der Waals surface area contributed by atoms with Crippen molar-refractivity contribution in [3.63, 3.8) is 0 Å². The van der Waals surface area contributed by atoms with Gasteiger partial charge in [0.2, 0.25) is 15.9 Å². The van der Waals surface area contributed by atoms with E-state index in [1.807, 2.05) is 13.0 Å². The Hall–Kier alpha value is -2.29. The largest absolute Gasteiger partial charge is 0.493 e. The van der Waals surface area contributed by atoms with Crippen LogP contribution in [0.3, 0.4) is 0 Å². The van der Waals surface area contributed by atoms with E-state index in [1.54, 1.807) is 19.2 Å². The second kappa shape index (κ2) is 10.5. The summed E-state index contributed by atoms with van der Waals surface area (Å²) >= 11 is 5.79. The Morgan fingerprint density at radius 2 is 1.83 bits per heavy atom. The Labute approximate surface area is 176 Å². The highest BCUT2D eigenvalue weighted by Gasteiger charge is 2.22. The van der Waals surface area contributed by atoms with E-state index in [1.165, 1.54) is 31.3 Å². The number of nitrogens with zero attached hydrogens (tertiary/aromatic N) is 1. The minimum absolute atomic E-state index is 0.0737. The molecule has 0 unspecified atom stereocenters. The van der Waals surface area contributed by atoms with Gasteiger partial charge in [0.15, 0.2) is 11.5 Å². The number of ether oxygens (including phenoxy) is 2. The fourth-order valence-corrected chi connectivity index (χ4v) is 3.74. The van der Waals surface area contributed by atoms with Gasteiger partial charge in [-0.1, -0.05) is 24.6 Å². The molecule has 29 heavy (non-hydrogen) atoms. The Kier molecular flexibility index (Phi) is 8.31. The van der Waals surface area contributed by atoms with Gasteiger partial charge in [-0.3, -0.25) is 4.79 Å². The Balaban J connectivity index is 1.96. The van der Waals surface area contributed by atoms with Crippen molar-refractivity contribution in [3.05, 3.63) is 53.1 Å². The normalized spacial score (nSPS) is 11.3. The number of methoxy groups -OCH3 is 1. The van der Waals surface area contributed by atoms with Gasteiger partial charge in [-0.25, -0.2) is 8.42 Å². The van der Waals surface area contributed by atoms with Crippen LogP contribution in [0.15, 0.2) is 47.4 Å². The molecule has 0 aliphatic rings. The number of halogens is 1. The van der Waals surface area contributed by atoms with E-state index >= 15 is 0 Å². The van der Waals surface area contributed by atoms with Gasteiger partial charge in [0.25, 0.3) is 0 Å². The van der Waals surface area contributed by atoms with Crippen molar-refractivity contribution in [2.24, 2.45) is 0 Å². The molecule has 0 fully saturated rings. The molecule has 0 heterocycles. The lowest BCUT2D eigenvalue weighted by Gasteiger charge is -2.17. The Morgan fingerprint density at radius 3 is 2.45 bits per heavy atom. The second-order valence-corrected chi connectivity index (χ2v) is 8.81. The molecule has 0 radical (unpaired) electrons. The van der Waals surface area contributed by atoms with Crippen molar-refractivity contribution >= 4 is 27.5 Å². The number of rotatable bonds is 10. The molecule has 158 valence electrons. The van der Waals surface area contributed by atoms with Crippen LogP contribution in [-0.4, -0.2) is 45.9 Å². The summed E-state index contributed by atoms with van der Waals surface area (Å²) in [7, 11) is -0.879. The first kappa shape index (κ1) is 23.0. The van der Waals surface area contributed by atoms with E-state index in [9.17, 15) is 13.2 Å². The highest BCUT2D eigenvalue weighted by molar-refractivity contribution is 7.89. The zero-order chi connectivity index (χ0) is 21.4. The molecule has 0 aliphatic heterocycles. The van der Waals surface area contributed by atoms with Crippen LogP contribution in [0.25, 0.3) is 0 Å². The van der Waals surface area contributed by atoms with Crippen LogP contribution in [0.2, 0.25) is 5.02 Å². The summed E-state index contributed by atoms with van der Waals surface area (Å²) in [6, 6.07) is 11.2. The van der Waals surface area contributed by atoms with Crippen LogP contribution in [0.4, 0.5) is 0 Å². The predicted molar refractivity (Wildman–Crippen MR) is 112 cm³/mol. The molecule has 0 aliphatic carbocycles. The van der Waals surface area contributed by atoms with E-state index in [4.69, 9.17) is 21.1 Å². The number of amides is 1. The van der Waals surface area contributed by atoms with Crippen LogP contribution in [0, 0.1) is 0 Å². The molecule has 1 N–H and O–H groups in total. The maximum atomic E-state index is 12.5. The molecule has 0 bridgehead atoms. The third kappa shape index (κ3) is 6.35. The standard InChI is InChI=1S/C20H25ClN2O5S/c1-4-11-28-18-10-5-15(12-19(18)27-3)13-22-20(24)14-23(2)29(25,26)17-8-6-16(21)7-9-17/h5-10,12H,4,11,13-14H2,1-3H3,(H,22,24). The van der Waals surface area contributed by atoms with E-state index < -0.39 is 15.9 Å². The minimum Gasteiger partial charge on any atom is -0.493 e. The number of hydrogen-bond acceptors (Lipinski definition) is 5. The summed E-state index contributed by atoms with van der Waals surface area (Å²) < 4.78 is 37.0. The van der Waals surface area contributed by atoms with Gasteiger partial charge < -0.3 is 14.8 Å². The Morgan fingerprint density at radius 1 is 1.14 bits per heavy atom. The van der Waals surface area contributed by atoms with E-state index in [2.05, 4.69) is 5.32 Å². The first-order valence-corrected chi connectivity index (χ1v) is 10.9. The molecular formula is C20H25ClN2O5S. The minimum atomic E-state index is -3.78. The third-order valence-corrected chi connectivity index (χ3v) is 6.14. The van der Waals surface area contributed by atoms with Crippen molar-refractivity contribution < 1.29 is 22.7 Å². The monoisotopic (exact) mass is 440 g/mol. The fraction of sp³-hybridized carbons (Fsp3) is 0.350. The number of carbonyl (C=O) groups is 1. The smallest absolute Gasteiger partial charge is 0.243 e. The van der Waals surface area contributed by atoms with Crippen LogP contribution < -0.4 is 14.8 Å². The maximum absolute atomic E-state index is 12.5. The van der Waals surface area contributed by atoms with Crippen LogP contribution in [0.1, 0.15) is 18.9 Å². The van der Waals surface area contributed by atoms with Gasteiger partial charge in [0.1, 0.15) is 0 Å². The number of carbonyl (C=O) groups excluding carboxylic acids is 1. The van der Waals surface area contributed by atoms with Crippen molar-refractivity contribution in [2.75, 3.05) is 27.3 Å². The molecule has 1 amide bonds. The first-order valence-electron chi connectivity index (χ1n) is 9.06. The van der Waals surface area contributed by atoms with Crippen LogP contribution in [-0.2, 0) is 21.4 Å². The number of hydrogen-bond donors (Lipinski definition) is 1. The lowest BCUT2D eigenvalue weighted by molar-refractivity contribution is -0.121. The molecule has 0 spiro atoms. The average molecular weight is 441 g/mol. The molecule has 2 aromatic carbocycles. The molecule has 9 heteroatoms. The zero-order valence-corrected chi connectivity index (χ0v) is 18.2. The van der Waals surface area contributed by atoms with E-state index in [0.717, 1.165) is 16.3 Å². The van der Waals surface area contributed by atoms with Gasteiger partial charge in [-0.05, 0) is 48.4 Å². The molecule has 2 rings (SSSR count). The number of benzene rings is 2. The summed E-state index contributed by atoms with van der Waals surface area (Å²) in [4.78, 5) is 12.3. The van der Waals surface area contributed by atoms with Gasteiger partial charge in [-0.2, -0.15) is 4.31 Å². The molecule has 0 atom stereocenters. The van der Waals surface area contributed by atoms with Crippen molar-refractivity contribution in [1.29, 1.82) is 0 Å². The highest BCUT2D eigenvalue weighted by Crippen LogP contribution is 2.28. The van der Waals surface area contributed by atoms with Gasteiger partial charge in [0, 0.05) is 18.6 Å². The van der Waals surface area contributed by atoms with Crippen LogP contribution in [0.5, 0.6) is 11.5 Å². The lowest BCUT2D eigenvalue weighted by Crippen LogP contribution is -2.38. The van der Waals surface area contributed by atoms with Gasteiger partial charge in [0.05, 0.1) is 25.2 Å². The summed E-state index contributed by atoms with van der Waals surface area (Å²) in [5.41, 5.74) is 0.808. The summed E-state index contributed by atoms with van der Waals surface area (Å²) in [5, 5.41) is 3.15. The highest BCUT2D eigenvalue weighted by atomic mass is 35.5. The zero-order valence-electron chi connectivity index (χ0n) is 16.6. The average Bonchev–Trinajstić information content (AvgIpc) is 2.71. The van der Waals surface area contributed by atoms with Gasteiger partial charge >= 0.3 is 0 Å². The summed E-state index contributed by atoms with van der Waals surface area (Å²) in [6.45, 7) is 2.53. The second-order valence-electron chi connectivity index (χ2n) is 6.33. The Bertz CT molecular complexity index is 932. The first-order chi connectivity index (χ1) is 13.8. The molecule has 0 saturated heterocycles.